The molecule has 112 valence electrons. The van der Waals surface area contributed by atoms with Crippen molar-refractivity contribution >= 4 is 0 Å². The van der Waals surface area contributed by atoms with Crippen LogP contribution in [0.5, 0.6) is 0 Å². The predicted octanol–water partition coefficient (Wildman–Crippen LogP) is 1.02. The van der Waals surface area contributed by atoms with Crippen LogP contribution in [-0.4, -0.2) is 68.8 Å². The summed E-state index contributed by atoms with van der Waals surface area (Å²) in [5, 5.41) is 0. The second-order valence-electron chi connectivity index (χ2n) is 6.79. The van der Waals surface area contributed by atoms with E-state index in [1.54, 1.807) is 0 Å². The Kier molecular flexibility index (Phi) is 5.63. The molecule has 0 aromatic rings. The molecule has 2 rings (SSSR count). The van der Waals surface area contributed by atoms with E-state index in [-0.39, 0.29) is 0 Å². The molecule has 2 fully saturated rings. The molecule has 0 atom stereocenters. The van der Waals surface area contributed by atoms with Crippen LogP contribution in [0.4, 0.5) is 0 Å². The zero-order chi connectivity index (χ0) is 13.7. The van der Waals surface area contributed by atoms with E-state index in [2.05, 4.69) is 23.6 Å². The normalized spacial score (nSPS) is 25.9. The van der Waals surface area contributed by atoms with Gasteiger partial charge in [0.05, 0.1) is 0 Å². The fourth-order valence-corrected chi connectivity index (χ4v) is 3.35. The molecule has 2 N–H and O–H groups in total. The zero-order valence-electron chi connectivity index (χ0n) is 12.7. The average molecular weight is 269 g/mol. The van der Waals surface area contributed by atoms with Gasteiger partial charge in [0.2, 0.25) is 0 Å². The molecule has 0 amide bonds. The molecule has 4 nitrogen and oxygen atoms in total. The Morgan fingerprint density at radius 1 is 1.05 bits per heavy atom. The maximum absolute atomic E-state index is 6.06. The molecule has 0 bridgehead atoms. The van der Waals surface area contributed by atoms with Crippen LogP contribution >= 0.6 is 0 Å². The van der Waals surface area contributed by atoms with Crippen molar-refractivity contribution in [2.45, 2.75) is 26.7 Å². The largest absolute Gasteiger partial charge is 0.381 e. The van der Waals surface area contributed by atoms with Crippen LogP contribution in [0.15, 0.2) is 0 Å². The fourth-order valence-electron chi connectivity index (χ4n) is 3.35. The van der Waals surface area contributed by atoms with E-state index in [1.807, 2.05) is 0 Å². The summed E-state index contributed by atoms with van der Waals surface area (Å²) in [5.41, 5.74) is 6.37. The van der Waals surface area contributed by atoms with Crippen LogP contribution in [0.3, 0.4) is 0 Å². The van der Waals surface area contributed by atoms with Crippen LogP contribution in [0, 0.1) is 11.3 Å². The van der Waals surface area contributed by atoms with E-state index in [0.717, 1.165) is 38.5 Å². The van der Waals surface area contributed by atoms with Crippen molar-refractivity contribution in [2.75, 3.05) is 59.0 Å². The van der Waals surface area contributed by atoms with Gasteiger partial charge in [-0.05, 0) is 30.7 Å². The number of hydrogen-bond donors (Lipinski definition) is 1. The first-order valence-electron chi connectivity index (χ1n) is 7.86. The number of rotatable bonds is 5. The first-order chi connectivity index (χ1) is 9.13. The highest BCUT2D eigenvalue weighted by molar-refractivity contribution is 4.87. The van der Waals surface area contributed by atoms with Crippen molar-refractivity contribution in [3.8, 4) is 0 Å². The molecule has 0 spiro atoms. The summed E-state index contributed by atoms with van der Waals surface area (Å²) in [7, 11) is 0. The molecular formula is C15H31N3O. The van der Waals surface area contributed by atoms with Crippen molar-refractivity contribution in [2.24, 2.45) is 17.1 Å². The van der Waals surface area contributed by atoms with E-state index in [0.29, 0.717) is 5.41 Å². The molecule has 2 aliphatic heterocycles. The lowest BCUT2D eigenvalue weighted by molar-refractivity contribution is -0.00891. The summed E-state index contributed by atoms with van der Waals surface area (Å²) < 4.78 is 5.49. The van der Waals surface area contributed by atoms with Crippen molar-refractivity contribution in [1.82, 2.24) is 9.80 Å². The lowest BCUT2D eigenvalue weighted by Gasteiger charge is -2.43. The smallest absolute Gasteiger partial charge is 0.0472 e. The van der Waals surface area contributed by atoms with Gasteiger partial charge in [-0.25, -0.2) is 0 Å². The molecular weight excluding hydrogens is 238 g/mol. The van der Waals surface area contributed by atoms with Gasteiger partial charge < -0.3 is 20.3 Å². The summed E-state index contributed by atoms with van der Waals surface area (Å²) in [6.45, 7) is 14.5. The van der Waals surface area contributed by atoms with Crippen molar-refractivity contribution in [3.05, 3.63) is 0 Å². The van der Waals surface area contributed by atoms with Gasteiger partial charge in [-0.2, -0.15) is 0 Å². The molecule has 0 radical (unpaired) electrons. The Morgan fingerprint density at radius 3 is 2.16 bits per heavy atom. The van der Waals surface area contributed by atoms with Crippen molar-refractivity contribution in [1.29, 1.82) is 0 Å². The second-order valence-corrected chi connectivity index (χ2v) is 6.79. The molecule has 0 aliphatic carbocycles. The number of hydrogen-bond acceptors (Lipinski definition) is 4. The van der Waals surface area contributed by atoms with Crippen LogP contribution in [0.2, 0.25) is 0 Å². The molecule has 4 heteroatoms. The van der Waals surface area contributed by atoms with Gasteiger partial charge in [-0.15, -0.1) is 0 Å². The Balaban J connectivity index is 1.77. The molecule has 0 saturated carbocycles. The van der Waals surface area contributed by atoms with Gasteiger partial charge in [-0.3, -0.25) is 0 Å². The highest BCUT2D eigenvalue weighted by Crippen LogP contribution is 2.30. The van der Waals surface area contributed by atoms with E-state index in [4.69, 9.17) is 10.5 Å². The van der Waals surface area contributed by atoms with Gasteiger partial charge in [0, 0.05) is 52.5 Å². The third-order valence-corrected chi connectivity index (χ3v) is 4.63. The van der Waals surface area contributed by atoms with Gasteiger partial charge in [-0.1, -0.05) is 13.8 Å². The van der Waals surface area contributed by atoms with Crippen molar-refractivity contribution < 1.29 is 4.74 Å². The molecule has 19 heavy (non-hydrogen) atoms. The molecule has 2 heterocycles. The minimum absolute atomic E-state index is 0.318. The van der Waals surface area contributed by atoms with Crippen LogP contribution < -0.4 is 5.73 Å². The molecule has 0 aromatic heterocycles. The van der Waals surface area contributed by atoms with Crippen molar-refractivity contribution in [3.63, 3.8) is 0 Å². The summed E-state index contributed by atoms with van der Waals surface area (Å²) in [6, 6.07) is 0. The van der Waals surface area contributed by atoms with Gasteiger partial charge >= 0.3 is 0 Å². The zero-order valence-corrected chi connectivity index (χ0v) is 12.7. The maximum Gasteiger partial charge on any atom is 0.0472 e. The summed E-state index contributed by atoms with van der Waals surface area (Å²) in [6.07, 6.45) is 2.27. The number of ether oxygens (including phenoxy) is 1. The van der Waals surface area contributed by atoms with Gasteiger partial charge in [0.1, 0.15) is 0 Å². The fraction of sp³-hybridized carbons (Fsp3) is 1.00. The molecule has 2 aliphatic rings. The van der Waals surface area contributed by atoms with Gasteiger partial charge in [0.25, 0.3) is 0 Å². The Morgan fingerprint density at radius 2 is 1.63 bits per heavy atom. The third kappa shape index (κ3) is 4.42. The minimum atomic E-state index is 0.318. The van der Waals surface area contributed by atoms with Crippen LogP contribution in [0.25, 0.3) is 0 Å². The Hall–Kier alpha value is -0.160. The Bertz CT molecular complexity index is 256. The van der Waals surface area contributed by atoms with Crippen LogP contribution in [-0.2, 0) is 4.74 Å². The lowest BCUT2D eigenvalue weighted by atomic mass is 9.79. The van der Waals surface area contributed by atoms with E-state index in [9.17, 15) is 0 Å². The molecule has 0 aromatic carbocycles. The lowest BCUT2D eigenvalue weighted by Crippen LogP contribution is -2.53. The first kappa shape index (κ1) is 15.2. The van der Waals surface area contributed by atoms with Crippen LogP contribution in [0.1, 0.15) is 26.7 Å². The summed E-state index contributed by atoms with van der Waals surface area (Å²) in [5.74, 6) is 0.775. The monoisotopic (exact) mass is 269 g/mol. The molecule has 2 saturated heterocycles. The third-order valence-electron chi connectivity index (χ3n) is 4.63. The quantitative estimate of drug-likeness (QED) is 0.809. The highest BCUT2D eigenvalue weighted by atomic mass is 16.5. The second kappa shape index (κ2) is 7.02. The maximum atomic E-state index is 6.06. The average Bonchev–Trinajstić information content (AvgIpc) is 2.41. The predicted molar refractivity (Wildman–Crippen MR) is 79.3 cm³/mol. The standard InChI is InChI=1S/C15H31N3O/c1-14(2)11-17-5-7-18(8-6-17)13-15(12-16)3-9-19-10-4-15/h14H,3-13,16H2,1-2H3. The number of nitrogens with zero attached hydrogens (tertiary/aromatic N) is 2. The summed E-state index contributed by atoms with van der Waals surface area (Å²) in [4.78, 5) is 5.22. The minimum Gasteiger partial charge on any atom is -0.381 e. The number of nitrogens with two attached hydrogens (primary N) is 1. The molecule has 0 unspecified atom stereocenters. The van der Waals surface area contributed by atoms with E-state index in [1.165, 1.54) is 39.3 Å². The van der Waals surface area contributed by atoms with E-state index >= 15 is 0 Å². The number of piperazine rings is 1. The Labute approximate surface area is 118 Å². The first-order valence-corrected chi connectivity index (χ1v) is 7.86. The summed E-state index contributed by atoms with van der Waals surface area (Å²) >= 11 is 0. The van der Waals surface area contributed by atoms with E-state index < -0.39 is 0 Å². The SMILES string of the molecule is CC(C)CN1CCN(CC2(CN)CCOCC2)CC1. The highest BCUT2D eigenvalue weighted by Gasteiger charge is 2.34. The topological polar surface area (TPSA) is 41.7 Å². The van der Waals surface area contributed by atoms with Gasteiger partial charge in [0.15, 0.2) is 0 Å².